The van der Waals surface area contributed by atoms with Crippen LogP contribution in [0, 0.1) is 0 Å². The zero-order valence-electron chi connectivity index (χ0n) is 22.4. The number of sulfone groups is 1. The number of amides is 2. The largest absolute Gasteiger partial charge is 0.444 e. The second kappa shape index (κ2) is 11.8. The number of anilines is 2. The van der Waals surface area contributed by atoms with E-state index in [1.165, 1.54) is 12.1 Å². The summed E-state index contributed by atoms with van der Waals surface area (Å²) >= 11 is 3.75. The number of rotatable bonds is 8. The van der Waals surface area contributed by atoms with Gasteiger partial charge in [-0.1, -0.05) is 0 Å². The molecule has 0 radical (unpaired) electrons. The van der Waals surface area contributed by atoms with Crippen LogP contribution in [-0.2, 0) is 20.1 Å². The molecule has 0 bridgehead atoms. The summed E-state index contributed by atoms with van der Waals surface area (Å²) in [6.07, 6.45) is 3.17. The minimum Gasteiger partial charge on any atom is -0.444 e. The number of benzene rings is 1. The SMILES string of the molecule is CC(C)(C)OC(=O)N1CCC(CC2SCCS2)(n2cc(C(N)=O)c(Nc3ccc(S(=O)(=O)C(F)F)cc3)n2)CC1. The lowest BCUT2D eigenvalue weighted by atomic mass is 9.85. The molecule has 2 amide bonds. The molecule has 1 aromatic heterocycles. The van der Waals surface area contributed by atoms with Crippen LogP contribution in [0.5, 0.6) is 0 Å². The van der Waals surface area contributed by atoms with Gasteiger partial charge >= 0.3 is 11.9 Å². The number of piperidine rings is 1. The smallest absolute Gasteiger partial charge is 0.410 e. The number of carbonyl (C=O) groups excluding carboxylic acids is 2. The van der Waals surface area contributed by atoms with Crippen LogP contribution < -0.4 is 11.1 Å². The van der Waals surface area contributed by atoms with E-state index in [4.69, 9.17) is 15.6 Å². The summed E-state index contributed by atoms with van der Waals surface area (Å²) < 4.78 is 56.9. The number of ether oxygens (including phenoxy) is 1. The first-order valence-corrected chi connectivity index (χ1v) is 16.3. The summed E-state index contributed by atoms with van der Waals surface area (Å²) in [4.78, 5) is 26.3. The Morgan fingerprint density at radius 3 is 2.30 bits per heavy atom. The Morgan fingerprint density at radius 1 is 1.18 bits per heavy atom. The van der Waals surface area contributed by atoms with E-state index >= 15 is 0 Å². The van der Waals surface area contributed by atoms with Crippen LogP contribution in [0.4, 0.5) is 25.1 Å². The molecule has 2 fully saturated rings. The molecular formula is C25H33F2N5O5S3. The van der Waals surface area contributed by atoms with Crippen LogP contribution in [0.25, 0.3) is 0 Å². The summed E-state index contributed by atoms with van der Waals surface area (Å²) in [5, 5.41) is 7.68. The molecule has 4 rings (SSSR count). The fourth-order valence-electron chi connectivity index (χ4n) is 4.65. The van der Waals surface area contributed by atoms with E-state index in [9.17, 15) is 26.8 Å². The second-order valence-electron chi connectivity index (χ2n) is 10.7. The van der Waals surface area contributed by atoms with E-state index in [-0.39, 0.29) is 17.5 Å². The first-order chi connectivity index (χ1) is 18.7. The minimum absolute atomic E-state index is 0.130. The van der Waals surface area contributed by atoms with Gasteiger partial charge in [0.25, 0.3) is 5.91 Å². The van der Waals surface area contributed by atoms with Crippen molar-refractivity contribution in [3.05, 3.63) is 36.0 Å². The Balaban J connectivity index is 1.61. The summed E-state index contributed by atoms with van der Waals surface area (Å²) in [5.41, 5.74) is 5.05. The fraction of sp³-hybridized carbons (Fsp3) is 0.560. The topological polar surface area (TPSA) is 137 Å². The lowest BCUT2D eigenvalue weighted by Gasteiger charge is -2.43. The highest BCUT2D eigenvalue weighted by atomic mass is 32.2. The van der Waals surface area contributed by atoms with E-state index in [0.29, 0.717) is 36.2 Å². The van der Waals surface area contributed by atoms with Crippen molar-refractivity contribution >= 4 is 56.9 Å². The van der Waals surface area contributed by atoms with Gasteiger partial charge in [-0.25, -0.2) is 13.2 Å². The van der Waals surface area contributed by atoms with Crippen molar-refractivity contribution in [1.29, 1.82) is 0 Å². The number of thioether (sulfide) groups is 2. The summed E-state index contributed by atoms with van der Waals surface area (Å²) in [5.74, 6) is -1.98. The molecule has 220 valence electrons. The van der Waals surface area contributed by atoms with E-state index in [2.05, 4.69) is 5.32 Å². The van der Waals surface area contributed by atoms with Gasteiger partial charge in [-0.3, -0.25) is 9.48 Å². The number of hydrogen-bond acceptors (Lipinski definition) is 9. The number of nitrogens with two attached hydrogens (primary N) is 1. The van der Waals surface area contributed by atoms with Crippen LogP contribution in [-0.4, -0.2) is 75.6 Å². The number of hydrogen-bond donors (Lipinski definition) is 2. The highest BCUT2D eigenvalue weighted by molar-refractivity contribution is 8.20. The minimum atomic E-state index is -4.74. The number of primary amides is 1. The maximum atomic E-state index is 12.9. The standard InChI is InChI=1S/C25H33F2N5O5S3/c1-24(2,3)37-23(34)31-10-8-25(9-11-31,14-19-38-12-13-39-19)32-15-18(20(28)33)21(30-32)29-16-4-6-17(7-5-16)40(35,36)22(26)27/h4-7,15,19,22H,8-14H2,1-3H3,(H2,28,33)(H,29,30). The zero-order valence-corrected chi connectivity index (χ0v) is 24.9. The van der Waals surface area contributed by atoms with E-state index in [0.717, 1.165) is 30.1 Å². The first kappa shape index (κ1) is 30.4. The lowest BCUT2D eigenvalue weighted by Crippen LogP contribution is -2.50. The van der Waals surface area contributed by atoms with Gasteiger partial charge in [0.2, 0.25) is 9.84 Å². The van der Waals surface area contributed by atoms with Crippen molar-refractivity contribution in [3.8, 4) is 0 Å². The third-order valence-electron chi connectivity index (χ3n) is 6.73. The summed E-state index contributed by atoms with van der Waals surface area (Å²) in [6.45, 7) is 6.37. The van der Waals surface area contributed by atoms with Crippen molar-refractivity contribution in [2.24, 2.45) is 5.73 Å². The van der Waals surface area contributed by atoms with E-state index in [1.54, 1.807) is 15.8 Å². The molecule has 1 aromatic carbocycles. The highest BCUT2D eigenvalue weighted by Gasteiger charge is 2.42. The molecule has 10 nitrogen and oxygen atoms in total. The molecule has 0 saturated carbocycles. The Kier molecular flexibility index (Phi) is 8.95. The lowest BCUT2D eigenvalue weighted by molar-refractivity contribution is 0.00949. The Bertz CT molecular complexity index is 1330. The van der Waals surface area contributed by atoms with Crippen LogP contribution >= 0.6 is 23.5 Å². The molecule has 2 aliphatic rings. The quantitative estimate of drug-likeness (QED) is 0.434. The monoisotopic (exact) mass is 617 g/mol. The summed E-state index contributed by atoms with van der Waals surface area (Å²) in [7, 11) is -4.74. The van der Waals surface area contributed by atoms with Crippen LogP contribution in [0.3, 0.4) is 0 Å². The molecule has 2 saturated heterocycles. The second-order valence-corrected chi connectivity index (χ2v) is 15.6. The molecule has 3 heterocycles. The van der Waals surface area contributed by atoms with Crippen molar-refractivity contribution < 1.29 is 31.5 Å². The molecular weight excluding hydrogens is 585 g/mol. The van der Waals surface area contributed by atoms with Crippen molar-refractivity contribution in [2.45, 2.75) is 66.4 Å². The van der Waals surface area contributed by atoms with Crippen molar-refractivity contribution in [1.82, 2.24) is 14.7 Å². The molecule has 15 heteroatoms. The third-order valence-corrected chi connectivity index (χ3v) is 11.2. The predicted octanol–water partition coefficient (Wildman–Crippen LogP) is 4.64. The molecule has 0 unspecified atom stereocenters. The zero-order chi connectivity index (χ0) is 29.3. The predicted molar refractivity (Wildman–Crippen MR) is 152 cm³/mol. The Morgan fingerprint density at radius 2 is 1.77 bits per heavy atom. The van der Waals surface area contributed by atoms with Gasteiger partial charge in [0.15, 0.2) is 5.82 Å². The Labute approximate surface area is 240 Å². The van der Waals surface area contributed by atoms with E-state index in [1.807, 2.05) is 44.3 Å². The number of nitrogens with one attached hydrogen (secondary N) is 1. The average Bonchev–Trinajstić information content (AvgIpc) is 3.54. The first-order valence-electron chi connectivity index (χ1n) is 12.7. The van der Waals surface area contributed by atoms with Gasteiger partial charge < -0.3 is 20.7 Å². The van der Waals surface area contributed by atoms with Crippen molar-refractivity contribution in [3.63, 3.8) is 0 Å². The molecule has 3 N–H and O–H groups in total. The van der Waals surface area contributed by atoms with Gasteiger partial charge in [-0.2, -0.15) is 13.9 Å². The van der Waals surface area contributed by atoms with Gasteiger partial charge in [0.1, 0.15) is 11.2 Å². The molecule has 0 aliphatic carbocycles. The van der Waals surface area contributed by atoms with Crippen LogP contribution in [0.15, 0.2) is 35.4 Å². The number of aromatic nitrogens is 2. The van der Waals surface area contributed by atoms with Gasteiger partial charge in [0.05, 0.1) is 15.0 Å². The number of halogens is 2. The van der Waals surface area contributed by atoms with Crippen molar-refractivity contribution in [2.75, 3.05) is 29.9 Å². The number of alkyl halides is 2. The maximum Gasteiger partial charge on any atom is 0.410 e. The number of likely N-dealkylation sites (tertiary alicyclic amines) is 1. The van der Waals surface area contributed by atoms with Gasteiger partial charge in [-0.05, 0) is 64.3 Å². The van der Waals surface area contributed by atoms with Gasteiger partial charge in [0, 0.05) is 36.5 Å². The fourth-order valence-corrected chi connectivity index (χ4v) is 8.49. The van der Waals surface area contributed by atoms with Crippen LogP contribution in [0.2, 0.25) is 0 Å². The molecule has 40 heavy (non-hydrogen) atoms. The Hall–Kier alpha value is -2.52. The van der Waals surface area contributed by atoms with E-state index < -0.39 is 37.5 Å². The average molecular weight is 618 g/mol. The highest BCUT2D eigenvalue weighted by Crippen LogP contribution is 2.44. The number of nitrogens with zero attached hydrogens (tertiary/aromatic N) is 3. The third kappa shape index (κ3) is 6.85. The molecule has 0 atom stereocenters. The summed E-state index contributed by atoms with van der Waals surface area (Å²) in [6, 6.07) is 4.76. The molecule has 2 aliphatic heterocycles. The maximum absolute atomic E-state index is 12.9. The van der Waals surface area contributed by atoms with Crippen LogP contribution in [0.1, 0.15) is 50.4 Å². The molecule has 0 spiro atoms. The molecule has 2 aromatic rings. The van der Waals surface area contributed by atoms with Gasteiger partial charge in [-0.15, -0.1) is 23.5 Å². The normalized spacial score (nSPS) is 18.2. The number of carbonyl (C=O) groups is 2.